The number of ether oxygens (including phenoxy) is 1. The maximum Gasteiger partial charge on any atom is 0.433 e. The van der Waals surface area contributed by atoms with Gasteiger partial charge in [-0.25, -0.2) is 4.98 Å². The predicted octanol–water partition coefficient (Wildman–Crippen LogP) is 2.57. The normalized spacial score (nSPS) is 18.0. The fraction of sp³-hybridized carbons (Fsp3) is 0.375. The number of rotatable bonds is 3. The molecule has 0 N–H and O–H groups in total. The van der Waals surface area contributed by atoms with Crippen molar-refractivity contribution < 1.29 is 22.7 Å². The Labute approximate surface area is 141 Å². The average Bonchev–Trinajstić information content (AvgIpc) is 2.61. The molecule has 1 aliphatic heterocycles. The first kappa shape index (κ1) is 17.1. The summed E-state index contributed by atoms with van der Waals surface area (Å²) in [7, 11) is 0. The zero-order valence-electron chi connectivity index (χ0n) is 13.1. The smallest absolute Gasteiger partial charge is 0.433 e. The van der Waals surface area contributed by atoms with Gasteiger partial charge in [-0.1, -0.05) is 0 Å². The summed E-state index contributed by atoms with van der Waals surface area (Å²) in [4.78, 5) is 25.3. The molecule has 6 nitrogen and oxygen atoms in total. The van der Waals surface area contributed by atoms with Crippen LogP contribution in [-0.4, -0.2) is 45.0 Å². The van der Waals surface area contributed by atoms with E-state index in [0.29, 0.717) is 19.0 Å². The molecule has 3 heterocycles. The van der Waals surface area contributed by atoms with Gasteiger partial charge in [0.25, 0.3) is 5.91 Å². The molecule has 1 fully saturated rings. The highest BCUT2D eigenvalue weighted by molar-refractivity contribution is 5.94. The summed E-state index contributed by atoms with van der Waals surface area (Å²) in [5.41, 5.74) is -0.903. The quantitative estimate of drug-likeness (QED) is 0.849. The molecule has 1 aliphatic rings. The van der Waals surface area contributed by atoms with Crippen LogP contribution in [-0.2, 0) is 6.18 Å². The molecule has 1 atom stereocenters. The van der Waals surface area contributed by atoms with Crippen molar-refractivity contribution in [1.29, 1.82) is 0 Å². The molecule has 9 heteroatoms. The Morgan fingerprint density at radius 3 is 2.68 bits per heavy atom. The second-order valence-electron chi connectivity index (χ2n) is 5.61. The van der Waals surface area contributed by atoms with Crippen molar-refractivity contribution in [3.8, 4) is 5.88 Å². The fourth-order valence-corrected chi connectivity index (χ4v) is 2.61. The SMILES string of the molecule is O=C(c1ccc(C(F)(F)F)nc1)N1CCCC(Oc2cnccn2)C1. The number of carbonyl (C=O) groups is 1. The third kappa shape index (κ3) is 4.23. The van der Waals surface area contributed by atoms with E-state index in [0.717, 1.165) is 31.2 Å². The number of hydrogen-bond donors (Lipinski definition) is 0. The first-order valence-electron chi connectivity index (χ1n) is 7.68. The van der Waals surface area contributed by atoms with Gasteiger partial charge >= 0.3 is 6.18 Å². The summed E-state index contributed by atoms with van der Waals surface area (Å²) in [6.07, 6.45) is 2.20. The molecule has 0 aliphatic carbocycles. The van der Waals surface area contributed by atoms with E-state index >= 15 is 0 Å². The molecule has 0 saturated carbocycles. The van der Waals surface area contributed by atoms with Crippen LogP contribution in [0, 0.1) is 0 Å². The van der Waals surface area contributed by atoms with Gasteiger partial charge in [-0.3, -0.25) is 14.8 Å². The minimum Gasteiger partial charge on any atom is -0.471 e. The van der Waals surface area contributed by atoms with Gasteiger partial charge in [0.15, 0.2) is 0 Å². The van der Waals surface area contributed by atoms with E-state index in [1.54, 1.807) is 4.90 Å². The van der Waals surface area contributed by atoms with Crippen molar-refractivity contribution in [2.24, 2.45) is 0 Å². The van der Waals surface area contributed by atoms with E-state index < -0.39 is 11.9 Å². The number of amides is 1. The third-order valence-electron chi connectivity index (χ3n) is 3.79. The molecule has 1 unspecified atom stereocenters. The number of pyridine rings is 1. The molecule has 25 heavy (non-hydrogen) atoms. The van der Waals surface area contributed by atoms with Crippen LogP contribution in [0.25, 0.3) is 0 Å². The van der Waals surface area contributed by atoms with Gasteiger partial charge in [0, 0.05) is 25.1 Å². The molecular weight excluding hydrogens is 337 g/mol. The van der Waals surface area contributed by atoms with Crippen molar-refractivity contribution in [1.82, 2.24) is 19.9 Å². The van der Waals surface area contributed by atoms with Crippen LogP contribution >= 0.6 is 0 Å². The van der Waals surface area contributed by atoms with Crippen molar-refractivity contribution in [2.45, 2.75) is 25.1 Å². The summed E-state index contributed by atoms with van der Waals surface area (Å²) in [5, 5.41) is 0. The molecule has 2 aromatic heterocycles. The van der Waals surface area contributed by atoms with E-state index in [4.69, 9.17) is 4.74 Å². The lowest BCUT2D eigenvalue weighted by molar-refractivity contribution is -0.141. The van der Waals surface area contributed by atoms with Crippen molar-refractivity contribution in [3.63, 3.8) is 0 Å². The lowest BCUT2D eigenvalue weighted by Crippen LogP contribution is -2.44. The lowest BCUT2D eigenvalue weighted by atomic mass is 10.1. The second kappa shape index (κ2) is 7.04. The van der Waals surface area contributed by atoms with E-state index in [1.165, 1.54) is 18.6 Å². The summed E-state index contributed by atoms with van der Waals surface area (Å²) >= 11 is 0. The number of halogens is 3. The van der Waals surface area contributed by atoms with Gasteiger partial charge in [0.1, 0.15) is 11.8 Å². The number of likely N-dealkylation sites (tertiary alicyclic amines) is 1. The highest BCUT2D eigenvalue weighted by atomic mass is 19.4. The maximum atomic E-state index is 12.5. The minimum atomic E-state index is -4.53. The average molecular weight is 352 g/mol. The molecule has 0 bridgehead atoms. The van der Waals surface area contributed by atoms with Crippen LogP contribution in [0.4, 0.5) is 13.2 Å². The molecule has 0 radical (unpaired) electrons. The Hall–Kier alpha value is -2.71. The molecule has 1 saturated heterocycles. The van der Waals surface area contributed by atoms with Gasteiger partial charge in [-0.05, 0) is 25.0 Å². The molecule has 1 amide bonds. The summed E-state index contributed by atoms with van der Waals surface area (Å²) in [6.45, 7) is 0.844. The van der Waals surface area contributed by atoms with Crippen molar-refractivity contribution in [2.75, 3.05) is 13.1 Å². The second-order valence-corrected chi connectivity index (χ2v) is 5.61. The molecule has 132 valence electrons. The van der Waals surface area contributed by atoms with Gasteiger partial charge in [-0.2, -0.15) is 13.2 Å². The van der Waals surface area contributed by atoms with Gasteiger partial charge in [0.2, 0.25) is 5.88 Å². The summed E-state index contributed by atoms with van der Waals surface area (Å²) < 4.78 is 43.3. The number of carbonyl (C=O) groups excluding carboxylic acids is 1. The standard InChI is InChI=1S/C16H15F3N4O2/c17-16(18,19)13-4-3-11(8-22-13)15(24)23-7-1-2-12(10-23)25-14-9-20-5-6-21-14/h3-6,8-9,12H,1-2,7,10H2. The Morgan fingerprint density at radius 1 is 1.20 bits per heavy atom. The highest BCUT2D eigenvalue weighted by Gasteiger charge is 2.33. The van der Waals surface area contributed by atoms with Crippen molar-refractivity contribution in [3.05, 3.63) is 48.2 Å². The van der Waals surface area contributed by atoms with E-state index in [9.17, 15) is 18.0 Å². The van der Waals surface area contributed by atoms with Crippen LogP contribution in [0.2, 0.25) is 0 Å². The first-order valence-corrected chi connectivity index (χ1v) is 7.68. The topological polar surface area (TPSA) is 68.2 Å². The third-order valence-corrected chi connectivity index (χ3v) is 3.79. The van der Waals surface area contributed by atoms with Crippen LogP contribution in [0.15, 0.2) is 36.9 Å². The molecule has 0 spiro atoms. The molecular formula is C16H15F3N4O2. The Morgan fingerprint density at radius 2 is 2.04 bits per heavy atom. The largest absolute Gasteiger partial charge is 0.471 e. The van der Waals surface area contributed by atoms with E-state index in [1.807, 2.05) is 0 Å². The van der Waals surface area contributed by atoms with Crippen LogP contribution < -0.4 is 4.74 Å². The van der Waals surface area contributed by atoms with Crippen LogP contribution in [0.3, 0.4) is 0 Å². The number of nitrogens with zero attached hydrogens (tertiary/aromatic N) is 4. The van der Waals surface area contributed by atoms with E-state index in [-0.39, 0.29) is 17.6 Å². The number of hydrogen-bond acceptors (Lipinski definition) is 5. The van der Waals surface area contributed by atoms with Gasteiger partial charge in [0.05, 0.1) is 18.3 Å². The van der Waals surface area contributed by atoms with Gasteiger partial charge < -0.3 is 9.64 Å². The maximum absolute atomic E-state index is 12.5. The number of aromatic nitrogens is 3. The number of alkyl halides is 3. The summed E-state index contributed by atoms with van der Waals surface area (Å²) in [5.74, 6) is 0.00617. The first-order chi connectivity index (χ1) is 11.9. The number of piperidine rings is 1. The lowest BCUT2D eigenvalue weighted by Gasteiger charge is -2.32. The predicted molar refractivity (Wildman–Crippen MR) is 80.8 cm³/mol. The Balaban J connectivity index is 1.65. The zero-order valence-corrected chi connectivity index (χ0v) is 13.1. The zero-order chi connectivity index (χ0) is 17.9. The van der Waals surface area contributed by atoms with Crippen LogP contribution in [0.5, 0.6) is 5.88 Å². The van der Waals surface area contributed by atoms with Gasteiger partial charge in [-0.15, -0.1) is 0 Å². The Bertz CT molecular complexity index is 722. The van der Waals surface area contributed by atoms with Crippen LogP contribution in [0.1, 0.15) is 28.9 Å². The minimum absolute atomic E-state index is 0.119. The molecule has 3 rings (SSSR count). The monoisotopic (exact) mass is 352 g/mol. The Kier molecular flexibility index (Phi) is 4.82. The fourth-order valence-electron chi connectivity index (χ4n) is 2.61. The molecule has 2 aromatic rings. The van der Waals surface area contributed by atoms with Crippen molar-refractivity contribution >= 4 is 5.91 Å². The van der Waals surface area contributed by atoms with E-state index in [2.05, 4.69) is 15.0 Å². The highest BCUT2D eigenvalue weighted by Crippen LogP contribution is 2.27. The summed E-state index contributed by atoms with van der Waals surface area (Å²) in [6, 6.07) is 1.95. The molecule has 0 aromatic carbocycles.